The Morgan fingerprint density at radius 3 is 2.22 bits per heavy atom. The zero-order valence-electron chi connectivity index (χ0n) is 26.3. The van der Waals surface area contributed by atoms with E-state index in [1.54, 1.807) is 12.1 Å². The molecule has 41 heavy (non-hydrogen) atoms. The molecule has 1 saturated heterocycles. The number of carboxylic acid groups (broad SMARTS) is 1. The Morgan fingerprint density at radius 1 is 1.07 bits per heavy atom. The van der Waals surface area contributed by atoms with Gasteiger partial charge in [-0.25, -0.2) is 9.78 Å². The van der Waals surface area contributed by atoms with Crippen molar-refractivity contribution >= 4 is 57.0 Å². The van der Waals surface area contributed by atoms with Gasteiger partial charge in [0.1, 0.15) is 5.82 Å². The van der Waals surface area contributed by atoms with Crippen molar-refractivity contribution in [3.05, 3.63) is 28.0 Å². The standard InChI is InChI=1S/C29H49Cl2N3O5Si2/c1-28(2,3)40(7,8)38-18-26-32-22-15-20(30)21(31)16-23(22)34(26)17-19(35)14-24-25(12-11-13-33(24)27(36)37)39-41(9,10)29(4,5)6/h15-16,19,24-25,35H,11-14,17-18H2,1-10H3,(H,36,37)/t19?,24-,25+/m1/s1. The van der Waals surface area contributed by atoms with E-state index >= 15 is 0 Å². The summed E-state index contributed by atoms with van der Waals surface area (Å²) in [6.07, 6.45) is -0.369. The molecule has 1 aromatic carbocycles. The number of nitrogens with zero attached hydrogens (tertiary/aromatic N) is 3. The van der Waals surface area contributed by atoms with Gasteiger partial charge in [0.05, 0.1) is 52.5 Å². The maximum Gasteiger partial charge on any atom is 0.407 e. The maximum atomic E-state index is 12.3. The highest BCUT2D eigenvalue weighted by Gasteiger charge is 2.44. The van der Waals surface area contributed by atoms with Gasteiger partial charge < -0.3 is 28.5 Å². The van der Waals surface area contributed by atoms with Gasteiger partial charge in [0.2, 0.25) is 0 Å². The minimum atomic E-state index is -2.17. The molecule has 1 aliphatic heterocycles. The van der Waals surface area contributed by atoms with Crippen molar-refractivity contribution in [2.24, 2.45) is 0 Å². The van der Waals surface area contributed by atoms with Crippen LogP contribution < -0.4 is 0 Å². The molecule has 2 heterocycles. The van der Waals surface area contributed by atoms with Crippen molar-refractivity contribution in [2.75, 3.05) is 6.54 Å². The third kappa shape index (κ3) is 7.88. The summed E-state index contributed by atoms with van der Waals surface area (Å²) in [5.41, 5.74) is 1.42. The molecule has 1 unspecified atom stereocenters. The molecule has 232 valence electrons. The van der Waals surface area contributed by atoms with Crippen LogP contribution in [-0.4, -0.2) is 72.2 Å². The van der Waals surface area contributed by atoms with Crippen molar-refractivity contribution in [3.63, 3.8) is 0 Å². The van der Waals surface area contributed by atoms with Gasteiger partial charge in [0.25, 0.3) is 0 Å². The summed E-state index contributed by atoms with van der Waals surface area (Å²) < 4.78 is 15.2. The Hall–Kier alpha value is -1.15. The van der Waals surface area contributed by atoms with Gasteiger partial charge >= 0.3 is 6.09 Å². The summed E-state index contributed by atoms with van der Waals surface area (Å²) in [5, 5.41) is 22.4. The Morgan fingerprint density at radius 2 is 1.66 bits per heavy atom. The van der Waals surface area contributed by atoms with Crippen molar-refractivity contribution in [1.82, 2.24) is 14.5 Å². The van der Waals surface area contributed by atoms with E-state index in [9.17, 15) is 15.0 Å². The van der Waals surface area contributed by atoms with Gasteiger partial charge in [0, 0.05) is 6.54 Å². The molecule has 0 saturated carbocycles. The normalized spacial score (nSPS) is 20.1. The Bertz CT molecular complexity index is 1240. The smallest absolute Gasteiger partial charge is 0.407 e. The number of halogens is 2. The fourth-order valence-corrected chi connectivity index (χ4v) is 7.36. The number of aliphatic hydroxyl groups is 1. The summed E-state index contributed by atoms with van der Waals surface area (Å²) in [6.45, 7) is 22.8. The summed E-state index contributed by atoms with van der Waals surface area (Å²) in [6, 6.07) is 3.04. The number of hydrogen-bond acceptors (Lipinski definition) is 5. The van der Waals surface area contributed by atoms with Gasteiger partial charge in [-0.1, -0.05) is 64.7 Å². The van der Waals surface area contributed by atoms with Gasteiger partial charge in [0.15, 0.2) is 16.6 Å². The molecule has 1 fully saturated rings. The highest BCUT2D eigenvalue weighted by Crippen LogP contribution is 2.40. The van der Waals surface area contributed by atoms with Crippen LogP contribution >= 0.6 is 23.2 Å². The fourth-order valence-electron chi connectivity index (χ4n) is 4.74. The van der Waals surface area contributed by atoms with Crippen molar-refractivity contribution in [1.29, 1.82) is 0 Å². The molecule has 1 aromatic heterocycles. The first-order valence-electron chi connectivity index (χ1n) is 14.5. The molecule has 8 nitrogen and oxygen atoms in total. The largest absolute Gasteiger partial charge is 0.465 e. The second kappa shape index (κ2) is 12.5. The number of rotatable bonds is 9. The molecule has 12 heteroatoms. The molecular formula is C29H49Cl2N3O5Si2. The van der Waals surface area contributed by atoms with Gasteiger partial charge in [-0.2, -0.15) is 0 Å². The number of benzene rings is 1. The Kier molecular flexibility index (Phi) is 10.4. The van der Waals surface area contributed by atoms with Crippen LogP contribution in [0.1, 0.15) is 66.6 Å². The average Bonchev–Trinajstić information content (AvgIpc) is 3.13. The first-order chi connectivity index (χ1) is 18.6. The van der Waals surface area contributed by atoms with Crippen LogP contribution in [0.2, 0.25) is 46.3 Å². The van der Waals surface area contributed by atoms with Crippen LogP contribution in [0.15, 0.2) is 12.1 Å². The van der Waals surface area contributed by atoms with E-state index in [0.29, 0.717) is 27.9 Å². The van der Waals surface area contributed by atoms with E-state index in [-0.39, 0.29) is 35.8 Å². The summed E-state index contributed by atoms with van der Waals surface area (Å²) in [4.78, 5) is 18.5. The molecule has 0 spiro atoms. The second-order valence-corrected chi connectivity index (χ2v) is 24.8. The molecule has 3 atom stereocenters. The molecular weight excluding hydrogens is 597 g/mol. The van der Waals surface area contributed by atoms with E-state index < -0.39 is 34.9 Å². The molecule has 3 rings (SSSR count). The summed E-state index contributed by atoms with van der Waals surface area (Å²) >= 11 is 12.7. The van der Waals surface area contributed by atoms with E-state index in [1.807, 2.05) is 4.57 Å². The maximum absolute atomic E-state index is 12.3. The van der Waals surface area contributed by atoms with E-state index in [4.69, 9.17) is 37.0 Å². The van der Waals surface area contributed by atoms with Crippen LogP contribution in [0, 0.1) is 0 Å². The van der Waals surface area contributed by atoms with E-state index in [2.05, 4.69) is 67.7 Å². The third-order valence-corrected chi connectivity index (χ3v) is 19.1. The quantitative estimate of drug-likeness (QED) is 0.267. The molecule has 2 aromatic rings. The zero-order chi connectivity index (χ0) is 31.1. The third-order valence-electron chi connectivity index (χ3n) is 9.36. The number of piperidine rings is 1. The van der Waals surface area contributed by atoms with Crippen LogP contribution in [0.5, 0.6) is 0 Å². The zero-order valence-corrected chi connectivity index (χ0v) is 29.9. The first kappa shape index (κ1) is 34.3. The van der Waals surface area contributed by atoms with Crippen molar-refractivity contribution in [3.8, 4) is 0 Å². The lowest BCUT2D eigenvalue weighted by Gasteiger charge is -2.46. The molecule has 2 N–H and O–H groups in total. The number of aromatic nitrogens is 2. The SMILES string of the molecule is CC(C)(C)[Si](C)(C)OCc1nc2cc(Cl)c(Cl)cc2n1CC(O)C[C@@H]1[C@@H](O[Si](C)(C)C(C)(C)C)CCCN1C(=O)O. The monoisotopic (exact) mass is 645 g/mol. The number of aliphatic hydroxyl groups excluding tert-OH is 1. The lowest BCUT2D eigenvalue weighted by atomic mass is 9.94. The predicted octanol–water partition coefficient (Wildman–Crippen LogP) is 8.15. The fraction of sp³-hybridized carbons (Fsp3) is 0.724. The minimum Gasteiger partial charge on any atom is -0.465 e. The number of hydrogen-bond donors (Lipinski definition) is 2. The topological polar surface area (TPSA) is 97.1 Å². The number of fused-ring (bicyclic) bond motifs is 1. The van der Waals surface area contributed by atoms with E-state index in [1.165, 1.54) is 4.90 Å². The Balaban J connectivity index is 1.93. The van der Waals surface area contributed by atoms with Crippen molar-refractivity contribution < 1.29 is 23.9 Å². The summed E-state index contributed by atoms with van der Waals surface area (Å²) in [7, 11) is -4.25. The molecule has 0 aliphatic carbocycles. The van der Waals surface area contributed by atoms with Gasteiger partial charge in [-0.15, -0.1) is 0 Å². The molecule has 1 amide bonds. The summed E-state index contributed by atoms with van der Waals surface area (Å²) in [5.74, 6) is 0.676. The average molecular weight is 647 g/mol. The number of amides is 1. The number of imidazole rings is 1. The van der Waals surface area contributed by atoms with E-state index in [0.717, 1.165) is 18.4 Å². The lowest BCUT2D eigenvalue weighted by molar-refractivity contribution is -0.00346. The molecule has 1 aliphatic rings. The van der Waals surface area contributed by atoms with Crippen LogP contribution in [0.25, 0.3) is 11.0 Å². The highest BCUT2D eigenvalue weighted by molar-refractivity contribution is 6.74. The van der Waals surface area contributed by atoms with Crippen LogP contribution in [0.3, 0.4) is 0 Å². The van der Waals surface area contributed by atoms with Gasteiger partial charge in [-0.05, 0) is 67.7 Å². The lowest BCUT2D eigenvalue weighted by Crippen LogP contribution is -2.56. The van der Waals surface area contributed by atoms with Crippen LogP contribution in [0.4, 0.5) is 4.79 Å². The number of likely N-dealkylation sites (tertiary alicyclic amines) is 1. The second-order valence-electron chi connectivity index (χ2n) is 14.4. The van der Waals surface area contributed by atoms with Crippen molar-refractivity contribution in [2.45, 2.75) is 128 Å². The van der Waals surface area contributed by atoms with Crippen LogP contribution in [-0.2, 0) is 22.0 Å². The van der Waals surface area contributed by atoms with Gasteiger partial charge in [-0.3, -0.25) is 0 Å². The highest BCUT2D eigenvalue weighted by atomic mass is 35.5. The predicted molar refractivity (Wildman–Crippen MR) is 172 cm³/mol. The Labute approximate surface area is 257 Å². The molecule has 0 radical (unpaired) electrons. The molecule has 0 bridgehead atoms. The first-order valence-corrected chi connectivity index (χ1v) is 21.1. The minimum absolute atomic E-state index is 0.0169. The number of carbonyl (C=O) groups is 1.